The topological polar surface area (TPSA) is 40.6 Å². The summed E-state index contributed by atoms with van der Waals surface area (Å²) in [5.41, 5.74) is 2.09. The predicted octanol–water partition coefficient (Wildman–Crippen LogP) is 3.07. The molecular weight excluding hydrogens is 312 g/mol. The Balaban J connectivity index is 1.61. The number of carbonyl (C=O) groups is 2. The molecule has 2 aromatic rings. The summed E-state index contributed by atoms with van der Waals surface area (Å²) < 4.78 is 0. The van der Waals surface area contributed by atoms with Crippen molar-refractivity contribution in [3.8, 4) is 0 Å². The predicted molar refractivity (Wildman–Crippen MR) is 89.6 cm³/mol. The molecule has 2 amide bonds. The summed E-state index contributed by atoms with van der Waals surface area (Å²) in [7, 11) is 1.96. The van der Waals surface area contributed by atoms with Gasteiger partial charge in [0.25, 0.3) is 11.8 Å². The molecule has 23 heavy (non-hydrogen) atoms. The average molecular weight is 329 g/mol. The highest BCUT2D eigenvalue weighted by Gasteiger charge is 2.34. The number of fused-ring (bicyclic) bond motifs is 1. The van der Waals surface area contributed by atoms with Gasteiger partial charge in [-0.1, -0.05) is 35.9 Å². The van der Waals surface area contributed by atoms with Crippen molar-refractivity contribution in [2.45, 2.75) is 6.54 Å². The van der Waals surface area contributed by atoms with Gasteiger partial charge in [-0.2, -0.15) is 0 Å². The van der Waals surface area contributed by atoms with Crippen LogP contribution in [-0.2, 0) is 6.54 Å². The van der Waals surface area contributed by atoms with Gasteiger partial charge in [-0.3, -0.25) is 14.5 Å². The van der Waals surface area contributed by atoms with Crippen LogP contribution < -0.4 is 0 Å². The van der Waals surface area contributed by atoms with Crippen molar-refractivity contribution in [1.82, 2.24) is 9.80 Å². The van der Waals surface area contributed by atoms with Gasteiger partial charge in [0.05, 0.1) is 11.1 Å². The fourth-order valence-electron chi connectivity index (χ4n) is 2.74. The van der Waals surface area contributed by atoms with Crippen LogP contribution in [0.4, 0.5) is 0 Å². The highest BCUT2D eigenvalue weighted by Crippen LogP contribution is 2.22. The van der Waals surface area contributed by atoms with E-state index in [9.17, 15) is 9.59 Å². The standard InChI is InChI=1S/C18H17ClN2O2/c1-20(12-13-5-4-6-14(19)11-13)9-10-21-17(22)15-7-2-3-8-16(15)18(21)23/h2-8,11H,9-10,12H2,1H3. The number of imide groups is 1. The van der Waals surface area contributed by atoms with E-state index in [-0.39, 0.29) is 11.8 Å². The second kappa shape index (κ2) is 6.52. The first-order chi connectivity index (χ1) is 11.1. The first-order valence-electron chi connectivity index (χ1n) is 7.44. The van der Waals surface area contributed by atoms with E-state index >= 15 is 0 Å². The lowest BCUT2D eigenvalue weighted by atomic mass is 10.1. The summed E-state index contributed by atoms with van der Waals surface area (Å²) in [4.78, 5) is 28.0. The number of benzene rings is 2. The Hall–Kier alpha value is -2.17. The second-order valence-corrected chi connectivity index (χ2v) is 6.11. The summed E-state index contributed by atoms with van der Waals surface area (Å²) in [5, 5.41) is 0.705. The van der Waals surface area contributed by atoms with E-state index in [2.05, 4.69) is 4.90 Å². The van der Waals surface area contributed by atoms with Crippen LogP contribution >= 0.6 is 11.6 Å². The van der Waals surface area contributed by atoms with Crippen molar-refractivity contribution in [3.63, 3.8) is 0 Å². The zero-order valence-electron chi connectivity index (χ0n) is 12.8. The number of rotatable bonds is 5. The number of carbonyl (C=O) groups excluding carboxylic acids is 2. The molecule has 2 aromatic carbocycles. The van der Waals surface area contributed by atoms with Crippen LogP contribution in [0.1, 0.15) is 26.3 Å². The number of nitrogens with zero attached hydrogens (tertiary/aromatic N) is 2. The third-order valence-electron chi connectivity index (χ3n) is 3.93. The Labute approximate surface area is 140 Å². The molecule has 0 spiro atoms. The van der Waals surface area contributed by atoms with Gasteiger partial charge in [-0.05, 0) is 36.9 Å². The van der Waals surface area contributed by atoms with E-state index in [1.54, 1.807) is 24.3 Å². The van der Waals surface area contributed by atoms with Crippen molar-refractivity contribution < 1.29 is 9.59 Å². The lowest BCUT2D eigenvalue weighted by Gasteiger charge is -2.20. The lowest BCUT2D eigenvalue weighted by molar-refractivity contribution is 0.0640. The molecule has 0 saturated carbocycles. The third kappa shape index (κ3) is 3.28. The zero-order valence-corrected chi connectivity index (χ0v) is 13.6. The quantitative estimate of drug-likeness (QED) is 0.792. The SMILES string of the molecule is CN(CCN1C(=O)c2ccccc2C1=O)Cc1cccc(Cl)c1. The Bertz CT molecular complexity index is 725. The number of amides is 2. The van der Waals surface area contributed by atoms with Crippen molar-refractivity contribution in [2.75, 3.05) is 20.1 Å². The van der Waals surface area contributed by atoms with Crippen molar-refractivity contribution >= 4 is 23.4 Å². The van der Waals surface area contributed by atoms with Crippen molar-refractivity contribution in [3.05, 3.63) is 70.2 Å². The van der Waals surface area contributed by atoms with E-state index in [1.807, 2.05) is 31.3 Å². The summed E-state index contributed by atoms with van der Waals surface area (Å²) in [6.45, 7) is 1.70. The summed E-state index contributed by atoms with van der Waals surface area (Å²) >= 11 is 5.98. The molecule has 0 aliphatic carbocycles. The molecule has 5 heteroatoms. The number of hydrogen-bond donors (Lipinski definition) is 0. The van der Waals surface area contributed by atoms with Gasteiger partial charge in [0.15, 0.2) is 0 Å². The van der Waals surface area contributed by atoms with Crippen LogP contribution in [-0.4, -0.2) is 41.8 Å². The van der Waals surface area contributed by atoms with E-state index in [4.69, 9.17) is 11.6 Å². The molecule has 1 aliphatic heterocycles. The molecule has 1 heterocycles. The molecule has 4 nitrogen and oxygen atoms in total. The lowest BCUT2D eigenvalue weighted by Crippen LogP contribution is -2.36. The Morgan fingerprint density at radius 2 is 1.65 bits per heavy atom. The van der Waals surface area contributed by atoms with Gasteiger partial charge in [-0.15, -0.1) is 0 Å². The molecule has 0 N–H and O–H groups in total. The minimum absolute atomic E-state index is 0.207. The molecule has 0 unspecified atom stereocenters. The fourth-order valence-corrected chi connectivity index (χ4v) is 2.95. The zero-order chi connectivity index (χ0) is 16.4. The van der Waals surface area contributed by atoms with E-state index in [1.165, 1.54) is 4.90 Å². The summed E-state index contributed by atoms with van der Waals surface area (Å²) in [6.07, 6.45) is 0. The van der Waals surface area contributed by atoms with Crippen LogP contribution in [0.15, 0.2) is 48.5 Å². The molecule has 0 bridgehead atoms. The molecular formula is C18H17ClN2O2. The first kappa shape index (κ1) is 15.7. The Kier molecular flexibility index (Phi) is 4.46. The third-order valence-corrected chi connectivity index (χ3v) is 4.16. The number of hydrogen-bond acceptors (Lipinski definition) is 3. The highest BCUT2D eigenvalue weighted by atomic mass is 35.5. The van der Waals surface area contributed by atoms with Gasteiger partial charge < -0.3 is 4.90 Å². The van der Waals surface area contributed by atoms with Crippen LogP contribution in [0.2, 0.25) is 5.02 Å². The minimum atomic E-state index is -0.207. The molecule has 1 aliphatic rings. The Morgan fingerprint density at radius 3 is 2.26 bits per heavy atom. The van der Waals surface area contributed by atoms with E-state index < -0.39 is 0 Å². The molecule has 0 fully saturated rings. The molecule has 0 radical (unpaired) electrons. The van der Waals surface area contributed by atoms with Gasteiger partial charge in [0.2, 0.25) is 0 Å². The maximum absolute atomic E-state index is 12.3. The number of likely N-dealkylation sites (N-methyl/N-ethyl adjacent to an activating group) is 1. The maximum atomic E-state index is 12.3. The van der Waals surface area contributed by atoms with Gasteiger partial charge in [0.1, 0.15) is 0 Å². The van der Waals surface area contributed by atoms with E-state index in [0.717, 1.165) is 5.56 Å². The molecule has 0 atom stereocenters. The van der Waals surface area contributed by atoms with Crippen molar-refractivity contribution in [2.24, 2.45) is 0 Å². The van der Waals surface area contributed by atoms with Gasteiger partial charge >= 0.3 is 0 Å². The minimum Gasteiger partial charge on any atom is -0.300 e. The van der Waals surface area contributed by atoms with Crippen LogP contribution in [0.5, 0.6) is 0 Å². The fraction of sp³-hybridized carbons (Fsp3) is 0.222. The monoisotopic (exact) mass is 328 g/mol. The second-order valence-electron chi connectivity index (χ2n) is 5.68. The normalized spacial score (nSPS) is 13.8. The number of halogens is 1. The smallest absolute Gasteiger partial charge is 0.261 e. The molecule has 3 rings (SSSR count). The van der Waals surface area contributed by atoms with Gasteiger partial charge in [-0.25, -0.2) is 0 Å². The van der Waals surface area contributed by atoms with Gasteiger partial charge in [0, 0.05) is 24.7 Å². The molecule has 118 valence electrons. The molecule has 0 saturated heterocycles. The van der Waals surface area contributed by atoms with Crippen LogP contribution in [0, 0.1) is 0 Å². The average Bonchev–Trinajstić information content (AvgIpc) is 2.77. The largest absolute Gasteiger partial charge is 0.300 e. The maximum Gasteiger partial charge on any atom is 0.261 e. The first-order valence-corrected chi connectivity index (χ1v) is 7.82. The van der Waals surface area contributed by atoms with Crippen molar-refractivity contribution in [1.29, 1.82) is 0 Å². The summed E-state index contributed by atoms with van der Waals surface area (Å²) in [5.74, 6) is -0.413. The highest BCUT2D eigenvalue weighted by molar-refractivity contribution is 6.30. The van der Waals surface area contributed by atoms with Crippen LogP contribution in [0.25, 0.3) is 0 Å². The summed E-state index contributed by atoms with van der Waals surface area (Å²) in [6, 6.07) is 14.6. The molecule has 0 aromatic heterocycles. The van der Waals surface area contributed by atoms with Crippen LogP contribution in [0.3, 0.4) is 0 Å². The van der Waals surface area contributed by atoms with E-state index in [0.29, 0.717) is 35.8 Å². The Morgan fingerprint density at radius 1 is 1.00 bits per heavy atom.